The van der Waals surface area contributed by atoms with Crippen LogP contribution in [0, 0.1) is 12.8 Å². The van der Waals surface area contributed by atoms with Gasteiger partial charge in [0.2, 0.25) is 5.91 Å². The molecule has 2 rings (SSSR count). The zero-order valence-corrected chi connectivity index (χ0v) is 16.6. The van der Waals surface area contributed by atoms with Crippen LogP contribution in [0.5, 0.6) is 0 Å². The number of aromatic nitrogens is 2. The van der Waals surface area contributed by atoms with E-state index in [9.17, 15) is 9.59 Å². The molecule has 0 aromatic carbocycles. The molecular formula is C18H27ClN4O3. The first kappa shape index (κ1) is 20.3. The van der Waals surface area contributed by atoms with Gasteiger partial charge in [0, 0.05) is 44.4 Å². The van der Waals surface area contributed by atoms with Crippen molar-refractivity contribution < 1.29 is 14.3 Å². The fourth-order valence-corrected chi connectivity index (χ4v) is 3.11. The number of aryl methyl sites for hydroxylation is 1. The molecular weight excluding hydrogens is 356 g/mol. The molecule has 1 fully saturated rings. The highest BCUT2D eigenvalue weighted by Crippen LogP contribution is 2.22. The van der Waals surface area contributed by atoms with Crippen molar-refractivity contribution in [3.63, 3.8) is 0 Å². The minimum atomic E-state index is -0.324. The monoisotopic (exact) mass is 382 g/mol. The minimum absolute atomic E-state index is 0.0967. The normalized spacial score (nSPS) is 15.2. The van der Waals surface area contributed by atoms with E-state index < -0.39 is 0 Å². The predicted molar refractivity (Wildman–Crippen MR) is 101 cm³/mol. The lowest BCUT2D eigenvalue weighted by Gasteiger charge is -2.33. The van der Waals surface area contributed by atoms with Crippen LogP contribution in [0.15, 0.2) is 6.08 Å². The Morgan fingerprint density at radius 3 is 2.42 bits per heavy atom. The van der Waals surface area contributed by atoms with Crippen molar-refractivity contribution in [3.05, 3.63) is 22.5 Å². The Hall–Kier alpha value is -2.02. The molecule has 1 aliphatic rings. The van der Waals surface area contributed by atoms with E-state index in [0.717, 1.165) is 17.8 Å². The van der Waals surface area contributed by atoms with Gasteiger partial charge in [-0.2, -0.15) is 5.10 Å². The van der Waals surface area contributed by atoms with Crippen LogP contribution in [0.1, 0.15) is 32.0 Å². The maximum Gasteiger partial charge on any atom is 0.409 e. The zero-order valence-electron chi connectivity index (χ0n) is 15.9. The fourth-order valence-electron chi connectivity index (χ4n) is 2.81. The van der Waals surface area contributed by atoms with Crippen LogP contribution >= 0.6 is 11.6 Å². The summed E-state index contributed by atoms with van der Waals surface area (Å²) >= 11 is 6.39. The van der Waals surface area contributed by atoms with Crippen LogP contribution in [-0.4, -0.2) is 64.4 Å². The highest BCUT2D eigenvalue weighted by Gasteiger charge is 2.24. The Bertz CT molecular complexity index is 676. The number of hydrogen-bond acceptors (Lipinski definition) is 4. The number of carbonyl (C=O) groups is 2. The maximum absolute atomic E-state index is 12.4. The van der Waals surface area contributed by atoms with Gasteiger partial charge in [0.15, 0.2) is 0 Å². The summed E-state index contributed by atoms with van der Waals surface area (Å²) in [7, 11) is 0. The summed E-state index contributed by atoms with van der Waals surface area (Å²) < 4.78 is 6.75. The second-order valence-corrected chi connectivity index (χ2v) is 7.07. The van der Waals surface area contributed by atoms with Gasteiger partial charge in [-0.05, 0) is 25.8 Å². The molecule has 2 amide bonds. The summed E-state index contributed by atoms with van der Waals surface area (Å²) in [5.41, 5.74) is 1.57. The molecule has 2 heterocycles. The molecule has 0 aliphatic carbocycles. The smallest absolute Gasteiger partial charge is 0.409 e. The van der Waals surface area contributed by atoms with Crippen molar-refractivity contribution in [2.24, 2.45) is 5.92 Å². The lowest BCUT2D eigenvalue weighted by molar-refractivity contribution is -0.127. The average molecular weight is 383 g/mol. The molecule has 0 atom stereocenters. The second-order valence-electron chi connectivity index (χ2n) is 6.71. The first-order chi connectivity index (χ1) is 12.3. The van der Waals surface area contributed by atoms with Crippen molar-refractivity contribution in [2.75, 3.05) is 32.8 Å². The van der Waals surface area contributed by atoms with Crippen molar-refractivity contribution in [1.82, 2.24) is 19.6 Å². The van der Waals surface area contributed by atoms with Crippen LogP contribution in [0.4, 0.5) is 4.79 Å². The third-order valence-electron chi connectivity index (χ3n) is 4.16. The Morgan fingerprint density at radius 2 is 1.85 bits per heavy atom. The number of amides is 2. The molecule has 1 aromatic heterocycles. The van der Waals surface area contributed by atoms with Crippen molar-refractivity contribution in [3.8, 4) is 0 Å². The van der Waals surface area contributed by atoms with E-state index in [0.29, 0.717) is 43.9 Å². The standard InChI is InChI=1S/C18H27ClN4O3/c1-5-26-18(25)22-10-8-21(9-11-22)16(24)7-6-15-14(4)20-23(17(15)19)12-13(2)3/h6-7,13H,5,8-12H2,1-4H3/b7-6+. The molecule has 0 bridgehead atoms. The number of ether oxygens (including phenoxy) is 1. The summed E-state index contributed by atoms with van der Waals surface area (Å²) in [6.45, 7) is 10.9. The summed E-state index contributed by atoms with van der Waals surface area (Å²) in [5.74, 6) is 0.335. The van der Waals surface area contributed by atoms with Gasteiger partial charge in [-0.1, -0.05) is 25.4 Å². The molecule has 0 spiro atoms. The van der Waals surface area contributed by atoms with E-state index >= 15 is 0 Å². The topological polar surface area (TPSA) is 67.7 Å². The van der Waals surface area contributed by atoms with E-state index in [1.165, 1.54) is 6.08 Å². The number of piperazine rings is 1. The maximum atomic E-state index is 12.4. The first-order valence-corrected chi connectivity index (χ1v) is 9.32. The van der Waals surface area contributed by atoms with Gasteiger partial charge in [0.1, 0.15) is 5.15 Å². The third kappa shape index (κ3) is 5.00. The molecule has 1 aliphatic heterocycles. The second kappa shape index (κ2) is 9.07. The number of carbonyl (C=O) groups excluding carboxylic acids is 2. The van der Waals surface area contributed by atoms with E-state index in [-0.39, 0.29) is 12.0 Å². The van der Waals surface area contributed by atoms with E-state index in [1.54, 1.807) is 27.5 Å². The molecule has 0 unspecified atom stereocenters. The zero-order chi connectivity index (χ0) is 19.3. The quantitative estimate of drug-likeness (QED) is 0.734. The van der Waals surface area contributed by atoms with Gasteiger partial charge in [-0.3, -0.25) is 9.48 Å². The van der Waals surface area contributed by atoms with Gasteiger partial charge in [-0.15, -0.1) is 0 Å². The Kier molecular flexibility index (Phi) is 7.08. The number of halogens is 1. The lowest BCUT2D eigenvalue weighted by Crippen LogP contribution is -2.50. The van der Waals surface area contributed by atoms with E-state index in [2.05, 4.69) is 18.9 Å². The van der Waals surface area contributed by atoms with E-state index in [1.807, 2.05) is 6.92 Å². The minimum Gasteiger partial charge on any atom is -0.450 e. The van der Waals surface area contributed by atoms with Gasteiger partial charge in [0.05, 0.1) is 12.3 Å². The van der Waals surface area contributed by atoms with Crippen LogP contribution in [0.3, 0.4) is 0 Å². The molecule has 0 radical (unpaired) electrons. The number of hydrogen-bond donors (Lipinski definition) is 0. The molecule has 8 heteroatoms. The molecule has 0 saturated carbocycles. The van der Waals surface area contributed by atoms with Gasteiger partial charge in [-0.25, -0.2) is 4.79 Å². The predicted octanol–water partition coefficient (Wildman–Crippen LogP) is 2.81. The molecule has 7 nitrogen and oxygen atoms in total. The highest BCUT2D eigenvalue weighted by atomic mass is 35.5. The van der Waals surface area contributed by atoms with E-state index in [4.69, 9.17) is 16.3 Å². The molecule has 144 valence electrons. The van der Waals surface area contributed by atoms with Crippen LogP contribution < -0.4 is 0 Å². The highest BCUT2D eigenvalue weighted by molar-refractivity contribution is 6.31. The third-order valence-corrected chi connectivity index (χ3v) is 4.56. The first-order valence-electron chi connectivity index (χ1n) is 8.95. The van der Waals surface area contributed by atoms with Crippen molar-refractivity contribution >= 4 is 29.7 Å². The lowest BCUT2D eigenvalue weighted by atomic mass is 10.2. The van der Waals surface area contributed by atoms with Crippen LogP contribution in [-0.2, 0) is 16.1 Å². The van der Waals surface area contributed by atoms with Gasteiger partial charge < -0.3 is 14.5 Å². The largest absolute Gasteiger partial charge is 0.450 e. The molecule has 1 aromatic rings. The van der Waals surface area contributed by atoms with Crippen molar-refractivity contribution in [2.45, 2.75) is 34.2 Å². The van der Waals surface area contributed by atoms with Gasteiger partial charge >= 0.3 is 6.09 Å². The number of rotatable bonds is 5. The van der Waals surface area contributed by atoms with Crippen LogP contribution in [0.2, 0.25) is 5.15 Å². The Morgan fingerprint density at radius 1 is 1.23 bits per heavy atom. The van der Waals surface area contributed by atoms with Crippen molar-refractivity contribution in [1.29, 1.82) is 0 Å². The number of nitrogens with zero attached hydrogens (tertiary/aromatic N) is 4. The summed E-state index contributed by atoms with van der Waals surface area (Å²) in [6.07, 6.45) is 2.92. The average Bonchev–Trinajstić information content (AvgIpc) is 2.86. The molecule has 0 N–H and O–H groups in total. The van der Waals surface area contributed by atoms with Crippen LogP contribution in [0.25, 0.3) is 6.08 Å². The summed E-state index contributed by atoms with van der Waals surface area (Å²) in [5, 5.41) is 4.99. The molecule has 1 saturated heterocycles. The molecule has 26 heavy (non-hydrogen) atoms. The summed E-state index contributed by atoms with van der Waals surface area (Å²) in [6, 6.07) is 0. The SMILES string of the molecule is CCOC(=O)N1CCN(C(=O)/C=C/c2c(C)nn(CC(C)C)c2Cl)CC1. The Labute approximate surface area is 159 Å². The Balaban J connectivity index is 1.96. The van der Waals surface area contributed by atoms with Gasteiger partial charge in [0.25, 0.3) is 0 Å². The summed E-state index contributed by atoms with van der Waals surface area (Å²) in [4.78, 5) is 27.5. The fraction of sp³-hybridized carbons (Fsp3) is 0.611.